The minimum atomic E-state index is -0.388. The Morgan fingerprint density at radius 2 is 2.04 bits per heavy atom. The van der Waals surface area contributed by atoms with E-state index in [4.69, 9.17) is 0 Å². The number of aromatic nitrogens is 2. The molecular weight excluding hydrogens is 336 g/mol. The minimum absolute atomic E-state index is 0.132. The fourth-order valence-electron chi connectivity index (χ4n) is 4.45. The van der Waals surface area contributed by atoms with Crippen LogP contribution >= 0.6 is 0 Å². The number of nitriles is 1. The van der Waals surface area contributed by atoms with Gasteiger partial charge >= 0.3 is 0 Å². The van der Waals surface area contributed by atoms with Crippen LogP contribution in [0.15, 0.2) is 30.5 Å². The summed E-state index contributed by atoms with van der Waals surface area (Å²) in [5.41, 5.74) is 3.24. The average molecular weight is 360 g/mol. The van der Waals surface area contributed by atoms with Crippen molar-refractivity contribution in [3.8, 4) is 17.3 Å². The zero-order valence-corrected chi connectivity index (χ0v) is 15.6. The number of amides is 1. The zero-order valence-electron chi connectivity index (χ0n) is 15.6. The van der Waals surface area contributed by atoms with Crippen LogP contribution in [0.2, 0.25) is 0 Å². The minimum Gasteiger partial charge on any atom is -0.326 e. The van der Waals surface area contributed by atoms with Gasteiger partial charge < -0.3 is 5.32 Å². The van der Waals surface area contributed by atoms with Crippen LogP contribution in [-0.2, 0) is 17.3 Å². The van der Waals surface area contributed by atoms with Gasteiger partial charge in [0.2, 0.25) is 5.91 Å². The molecule has 0 unspecified atom stereocenters. The molecule has 2 aromatic rings. The highest BCUT2D eigenvalue weighted by molar-refractivity contribution is 5.94. The summed E-state index contributed by atoms with van der Waals surface area (Å²) in [6.45, 7) is 0. The lowest BCUT2D eigenvalue weighted by Gasteiger charge is -2.34. The molecule has 27 heavy (non-hydrogen) atoms. The first-order chi connectivity index (χ1) is 13.1. The fraction of sp³-hybridized carbons (Fsp3) is 0.500. The van der Waals surface area contributed by atoms with E-state index in [1.807, 2.05) is 37.5 Å². The van der Waals surface area contributed by atoms with Crippen molar-refractivity contribution in [2.45, 2.75) is 43.9 Å². The van der Waals surface area contributed by atoms with Crippen LogP contribution < -0.4 is 5.32 Å². The number of carbonyl (C=O) groups is 1. The molecule has 1 aromatic carbocycles. The van der Waals surface area contributed by atoms with Gasteiger partial charge in [-0.15, -0.1) is 0 Å². The second-order valence-corrected chi connectivity index (χ2v) is 8.58. The van der Waals surface area contributed by atoms with Crippen LogP contribution in [0.5, 0.6) is 0 Å². The number of benzene rings is 1. The topological polar surface area (TPSA) is 70.7 Å². The van der Waals surface area contributed by atoms with Crippen molar-refractivity contribution in [1.82, 2.24) is 9.78 Å². The van der Waals surface area contributed by atoms with Gasteiger partial charge in [0.1, 0.15) is 0 Å². The summed E-state index contributed by atoms with van der Waals surface area (Å²) in [6.07, 6.45) is 8.48. The molecule has 3 aliphatic rings. The smallest absolute Gasteiger partial charge is 0.227 e. The third kappa shape index (κ3) is 2.93. The van der Waals surface area contributed by atoms with Crippen molar-refractivity contribution in [2.24, 2.45) is 24.8 Å². The van der Waals surface area contributed by atoms with Crippen LogP contribution in [0, 0.1) is 29.1 Å². The summed E-state index contributed by atoms with van der Waals surface area (Å²) < 4.78 is 1.77. The van der Waals surface area contributed by atoms with E-state index < -0.39 is 0 Å². The van der Waals surface area contributed by atoms with Crippen LogP contribution in [-0.4, -0.2) is 15.7 Å². The Morgan fingerprint density at radius 3 is 2.63 bits per heavy atom. The lowest BCUT2D eigenvalue weighted by atomic mass is 9.72. The van der Waals surface area contributed by atoms with Gasteiger partial charge in [-0.05, 0) is 74.1 Å². The number of anilines is 1. The number of hydrogen-bond donors (Lipinski definition) is 1. The quantitative estimate of drug-likeness (QED) is 0.875. The van der Waals surface area contributed by atoms with Crippen molar-refractivity contribution in [3.05, 3.63) is 36.0 Å². The Balaban J connectivity index is 1.39. The van der Waals surface area contributed by atoms with Gasteiger partial charge in [0.15, 0.2) is 0 Å². The standard InChI is InChI=1S/C22H24N4O/c1-26-9-6-20(25-26)18-12-17(4-5-19(18)22(13-23)7-8-22)24-21(27)16-10-15(11-16)14-2-3-14/h4-6,9,12,14-16H,2-3,7-8,10-11H2,1H3,(H,24,27)/t15-,16+. The maximum Gasteiger partial charge on any atom is 0.227 e. The molecule has 3 saturated carbocycles. The van der Waals surface area contributed by atoms with Crippen LogP contribution in [0.25, 0.3) is 11.3 Å². The first-order valence-electron chi connectivity index (χ1n) is 9.95. The molecule has 138 valence electrons. The number of nitrogens with zero attached hydrogens (tertiary/aromatic N) is 3. The zero-order chi connectivity index (χ0) is 18.6. The largest absolute Gasteiger partial charge is 0.326 e. The van der Waals surface area contributed by atoms with Gasteiger partial charge in [-0.2, -0.15) is 10.4 Å². The molecule has 5 rings (SSSR count). The summed E-state index contributed by atoms with van der Waals surface area (Å²) >= 11 is 0. The predicted molar refractivity (Wildman–Crippen MR) is 103 cm³/mol. The average Bonchev–Trinajstić information content (AvgIpc) is 3.53. The van der Waals surface area contributed by atoms with Crippen molar-refractivity contribution in [2.75, 3.05) is 5.32 Å². The van der Waals surface area contributed by atoms with Crippen LogP contribution in [0.4, 0.5) is 5.69 Å². The van der Waals surface area contributed by atoms with Crippen molar-refractivity contribution in [3.63, 3.8) is 0 Å². The lowest BCUT2D eigenvalue weighted by Crippen LogP contribution is -2.35. The van der Waals surface area contributed by atoms with E-state index in [2.05, 4.69) is 16.5 Å². The van der Waals surface area contributed by atoms with Crippen molar-refractivity contribution < 1.29 is 4.79 Å². The monoisotopic (exact) mass is 360 g/mol. The van der Waals surface area contributed by atoms with E-state index >= 15 is 0 Å². The summed E-state index contributed by atoms with van der Waals surface area (Å²) in [4.78, 5) is 12.6. The van der Waals surface area contributed by atoms with E-state index in [-0.39, 0.29) is 17.2 Å². The molecule has 0 spiro atoms. The second kappa shape index (κ2) is 5.95. The van der Waals surface area contributed by atoms with Crippen LogP contribution in [0.1, 0.15) is 44.1 Å². The van der Waals surface area contributed by atoms with Gasteiger partial charge in [-0.3, -0.25) is 9.48 Å². The molecule has 3 aliphatic carbocycles. The Labute approximate surface area is 159 Å². The molecular formula is C22H24N4O. The number of carbonyl (C=O) groups excluding carboxylic acids is 1. The molecule has 1 N–H and O–H groups in total. The molecule has 0 radical (unpaired) electrons. The number of rotatable bonds is 5. The molecule has 1 heterocycles. The lowest BCUT2D eigenvalue weighted by molar-refractivity contribution is -0.124. The molecule has 5 heteroatoms. The molecule has 3 fully saturated rings. The van der Waals surface area contributed by atoms with E-state index in [9.17, 15) is 10.1 Å². The Hall–Kier alpha value is -2.61. The molecule has 1 aromatic heterocycles. The molecule has 0 aliphatic heterocycles. The molecule has 1 amide bonds. The molecule has 5 nitrogen and oxygen atoms in total. The maximum atomic E-state index is 12.6. The van der Waals surface area contributed by atoms with Gasteiger partial charge in [0, 0.05) is 30.4 Å². The summed E-state index contributed by atoms with van der Waals surface area (Å²) in [5.74, 6) is 1.96. The Kier molecular flexibility index (Phi) is 3.65. The Bertz CT molecular complexity index is 939. The molecule has 0 atom stereocenters. The fourth-order valence-corrected chi connectivity index (χ4v) is 4.45. The SMILES string of the molecule is Cn1ccc(-c2cc(NC(=O)[C@H]3C[C@@H](C4CC4)C3)ccc2C2(C#N)CC2)n1. The summed E-state index contributed by atoms with van der Waals surface area (Å²) in [5, 5.41) is 17.3. The maximum absolute atomic E-state index is 12.6. The number of aryl methyl sites for hydroxylation is 1. The molecule has 0 bridgehead atoms. The third-order valence-corrected chi connectivity index (χ3v) is 6.59. The van der Waals surface area contributed by atoms with E-state index in [0.717, 1.165) is 60.0 Å². The Morgan fingerprint density at radius 1 is 1.26 bits per heavy atom. The van der Waals surface area contributed by atoms with E-state index in [1.54, 1.807) is 4.68 Å². The highest BCUT2D eigenvalue weighted by atomic mass is 16.1. The number of nitrogens with one attached hydrogen (secondary N) is 1. The predicted octanol–water partition coefficient (Wildman–Crippen LogP) is 4.02. The van der Waals surface area contributed by atoms with Gasteiger partial charge in [-0.25, -0.2) is 0 Å². The first-order valence-corrected chi connectivity index (χ1v) is 9.95. The van der Waals surface area contributed by atoms with Gasteiger partial charge in [-0.1, -0.05) is 6.07 Å². The van der Waals surface area contributed by atoms with Crippen molar-refractivity contribution in [1.29, 1.82) is 5.26 Å². The van der Waals surface area contributed by atoms with E-state index in [0.29, 0.717) is 0 Å². The third-order valence-electron chi connectivity index (χ3n) is 6.59. The first kappa shape index (κ1) is 16.6. The summed E-state index contributed by atoms with van der Waals surface area (Å²) in [6, 6.07) is 10.4. The molecule has 0 saturated heterocycles. The van der Waals surface area contributed by atoms with Crippen molar-refractivity contribution >= 4 is 11.6 Å². The van der Waals surface area contributed by atoms with Crippen LogP contribution in [0.3, 0.4) is 0 Å². The van der Waals surface area contributed by atoms with Gasteiger partial charge in [0.05, 0.1) is 17.2 Å². The van der Waals surface area contributed by atoms with E-state index in [1.165, 1.54) is 12.8 Å². The van der Waals surface area contributed by atoms with Gasteiger partial charge in [0.25, 0.3) is 0 Å². The normalized spacial score (nSPS) is 25.3. The highest BCUT2D eigenvalue weighted by Crippen LogP contribution is 2.51. The second-order valence-electron chi connectivity index (χ2n) is 8.58. The summed E-state index contributed by atoms with van der Waals surface area (Å²) in [7, 11) is 1.89. The number of hydrogen-bond acceptors (Lipinski definition) is 3. The highest BCUT2D eigenvalue weighted by Gasteiger charge is 2.47.